The van der Waals surface area contributed by atoms with Gasteiger partial charge in [-0.25, -0.2) is 4.39 Å². The van der Waals surface area contributed by atoms with E-state index in [2.05, 4.69) is 33.9 Å². The van der Waals surface area contributed by atoms with E-state index in [0.29, 0.717) is 22.7 Å². The lowest BCUT2D eigenvalue weighted by Crippen LogP contribution is -2.22. The molecule has 0 saturated carbocycles. The minimum atomic E-state index is -0.305. The fourth-order valence-electron chi connectivity index (χ4n) is 1.90. The third-order valence-corrected chi connectivity index (χ3v) is 3.39. The van der Waals surface area contributed by atoms with Gasteiger partial charge in [0.25, 0.3) is 0 Å². The van der Waals surface area contributed by atoms with Crippen LogP contribution in [0.4, 0.5) is 4.39 Å². The van der Waals surface area contributed by atoms with Gasteiger partial charge >= 0.3 is 0 Å². The summed E-state index contributed by atoms with van der Waals surface area (Å²) in [5.41, 5.74) is 1.03. The Bertz CT molecular complexity index is 478. The van der Waals surface area contributed by atoms with Crippen LogP contribution in [0.25, 0.3) is 0 Å². The van der Waals surface area contributed by atoms with Gasteiger partial charge in [-0.15, -0.1) is 0 Å². The summed E-state index contributed by atoms with van der Waals surface area (Å²) < 4.78 is 19.5. The predicted octanol–water partition coefficient (Wildman–Crippen LogP) is 4.21. The maximum absolute atomic E-state index is 13.2. The molecule has 0 spiro atoms. The van der Waals surface area contributed by atoms with E-state index in [9.17, 15) is 4.39 Å². The second-order valence-corrected chi connectivity index (χ2v) is 5.44. The second-order valence-electron chi connectivity index (χ2n) is 4.53. The van der Waals surface area contributed by atoms with Crippen LogP contribution in [0.2, 0.25) is 0 Å². The lowest BCUT2D eigenvalue weighted by molar-refractivity contribution is 0.262. The normalized spacial score (nSPS) is 22.8. The molecule has 0 saturated heterocycles. The van der Waals surface area contributed by atoms with E-state index in [-0.39, 0.29) is 11.7 Å². The first-order chi connectivity index (χ1) is 8.54. The van der Waals surface area contributed by atoms with Gasteiger partial charge in [0.1, 0.15) is 11.6 Å². The van der Waals surface area contributed by atoms with Gasteiger partial charge in [-0.1, -0.05) is 28.9 Å². The first-order valence-electron chi connectivity index (χ1n) is 5.86. The first kappa shape index (κ1) is 13.3. The number of halogens is 2. The maximum atomic E-state index is 13.2. The molecule has 0 amide bonds. The summed E-state index contributed by atoms with van der Waals surface area (Å²) in [6, 6.07) is 4.55. The van der Waals surface area contributed by atoms with Crippen molar-refractivity contribution in [1.82, 2.24) is 0 Å². The van der Waals surface area contributed by atoms with Crippen molar-refractivity contribution in [3.8, 4) is 5.75 Å². The molecule has 0 aromatic heterocycles. The monoisotopic (exact) mass is 311 g/mol. The molecule has 18 heavy (non-hydrogen) atoms. The van der Waals surface area contributed by atoms with Crippen molar-refractivity contribution in [3.05, 3.63) is 40.3 Å². The van der Waals surface area contributed by atoms with Gasteiger partial charge in [-0.05, 0) is 25.0 Å². The van der Waals surface area contributed by atoms with Crippen LogP contribution >= 0.6 is 15.9 Å². The molecule has 96 valence electrons. The average molecular weight is 312 g/mol. The Morgan fingerprint density at radius 2 is 2.17 bits per heavy atom. The lowest BCUT2D eigenvalue weighted by atomic mass is 9.93. The van der Waals surface area contributed by atoms with Crippen molar-refractivity contribution in [2.45, 2.75) is 13.8 Å². The lowest BCUT2D eigenvalue weighted by Gasteiger charge is -2.21. The zero-order chi connectivity index (χ0) is 13.1. The summed E-state index contributed by atoms with van der Waals surface area (Å²) in [6.45, 7) is 4.61. The SMILES string of the molecule is CC1=CC(C)C(COc2cc(F)cc(Br)c2)C=N1. The van der Waals surface area contributed by atoms with Gasteiger partial charge in [0.2, 0.25) is 0 Å². The molecule has 2 unspecified atom stereocenters. The number of allylic oxidation sites excluding steroid dienone is 2. The Hall–Kier alpha value is -1.16. The number of rotatable bonds is 3. The molecular formula is C14H15BrFNO. The highest BCUT2D eigenvalue weighted by Gasteiger charge is 2.17. The molecule has 0 fully saturated rings. The van der Waals surface area contributed by atoms with Crippen molar-refractivity contribution in [3.63, 3.8) is 0 Å². The minimum absolute atomic E-state index is 0.232. The molecule has 1 aliphatic rings. The number of benzene rings is 1. The Kier molecular flexibility index (Phi) is 4.17. The zero-order valence-electron chi connectivity index (χ0n) is 10.4. The number of hydrogen-bond donors (Lipinski definition) is 0. The summed E-state index contributed by atoms with van der Waals surface area (Å²) in [7, 11) is 0. The van der Waals surface area contributed by atoms with Gasteiger partial charge in [-0.3, -0.25) is 4.99 Å². The third-order valence-electron chi connectivity index (χ3n) is 2.93. The predicted molar refractivity (Wildman–Crippen MR) is 74.5 cm³/mol. The molecule has 1 aromatic rings. The van der Waals surface area contributed by atoms with Crippen LogP contribution in [0.3, 0.4) is 0 Å². The van der Waals surface area contributed by atoms with Gasteiger partial charge < -0.3 is 4.74 Å². The van der Waals surface area contributed by atoms with Crippen LogP contribution < -0.4 is 4.74 Å². The highest BCUT2D eigenvalue weighted by molar-refractivity contribution is 9.10. The molecule has 0 aliphatic carbocycles. The Balaban J connectivity index is 1.98. The van der Waals surface area contributed by atoms with Crippen LogP contribution in [0, 0.1) is 17.7 Å². The highest BCUT2D eigenvalue weighted by Crippen LogP contribution is 2.23. The fraction of sp³-hybridized carbons (Fsp3) is 0.357. The summed E-state index contributed by atoms with van der Waals surface area (Å²) in [4.78, 5) is 4.28. The zero-order valence-corrected chi connectivity index (χ0v) is 11.9. The van der Waals surface area contributed by atoms with E-state index >= 15 is 0 Å². The summed E-state index contributed by atoms with van der Waals surface area (Å²) in [5.74, 6) is 0.851. The van der Waals surface area contributed by atoms with Crippen LogP contribution in [-0.2, 0) is 0 Å². The van der Waals surface area contributed by atoms with Crippen molar-refractivity contribution < 1.29 is 9.13 Å². The van der Waals surface area contributed by atoms with Crippen molar-refractivity contribution in [1.29, 1.82) is 0 Å². The van der Waals surface area contributed by atoms with Crippen LogP contribution in [0.5, 0.6) is 5.75 Å². The fourth-order valence-corrected chi connectivity index (χ4v) is 2.34. The average Bonchev–Trinajstić information content (AvgIpc) is 2.26. The molecule has 4 heteroatoms. The maximum Gasteiger partial charge on any atom is 0.128 e. The van der Waals surface area contributed by atoms with E-state index in [1.54, 1.807) is 6.07 Å². The third kappa shape index (κ3) is 3.42. The van der Waals surface area contributed by atoms with E-state index < -0.39 is 0 Å². The van der Waals surface area contributed by atoms with Crippen LogP contribution in [0.15, 0.2) is 39.4 Å². The number of ether oxygens (including phenoxy) is 1. The number of hydrogen-bond acceptors (Lipinski definition) is 2. The van der Waals surface area contributed by atoms with Crippen molar-refractivity contribution in [2.75, 3.05) is 6.61 Å². The van der Waals surface area contributed by atoms with Crippen molar-refractivity contribution >= 4 is 22.1 Å². The molecule has 1 aromatic carbocycles. The molecule has 1 heterocycles. The van der Waals surface area contributed by atoms with E-state index in [1.165, 1.54) is 12.1 Å². The quantitative estimate of drug-likeness (QED) is 0.819. The first-order valence-corrected chi connectivity index (χ1v) is 6.65. The summed E-state index contributed by atoms with van der Waals surface area (Å²) >= 11 is 3.24. The summed E-state index contributed by atoms with van der Waals surface area (Å²) in [5, 5.41) is 0. The van der Waals surface area contributed by atoms with Gasteiger partial charge in [-0.2, -0.15) is 0 Å². The number of aliphatic imine (C=N–C) groups is 1. The molecule has 0 radical (unpaired) electrons. The van der Waals surface area contributed by atoms with E-state index in [1.807, 2.05) is 13.1 Å². The largest absolute Gasteiger partial charge is 0.493 e. The minimum Gasteiger partial charge on any atom is -0.493 e. The summed E-state index contributed by atoms with van der Waals surface area (Å²) in [6.07, 6.45) is 4.03. The van der Waals surface area contributed by atoms with Gasteiger partial charge in [0.15, 0.2) is 0 Å². The molecule has 2 atom stereocenters. The van der Waals surface area contributed by atoms with E-state index in [0.717, 1.165) is 5.70 Å². The van der Waals surface area contributed by atoms with E-state index in [4.69, 9.17) is 4.74 Å². The standard InChI is InChI=1S/C14H15BrFNO/c1-9-3-10(2)17-7-11(9)8-18-14-5-12(15)4-13(16)6-14/h3-7,9,11H,8H2,1-2H3. The van der Waals surface area contributed by atoms with Gasteiger partial charge in [0, 0.05) is 28.4 Å². The topological polar surface area (TPSA) is 21.6 Å². The van der Waals surface area contributed by atoms with Gasteiger partial charge in [0.05, 0.1) is 6.61 Å². The molecular weight excluding hydrogens is 297 g/mol. The highest BCUT2D eigenvalue weighted by atomic mass is 79.9. The smallest absolute Gasteiger partial charge is 0.128 e. The molecule has 1 aliphatic heterocycles. The molecule has 0 N–H and O–H groups in total. The number of nitrogens with zero attached hydrogens (tertiary/aromatic N) is 1. The molecule has 2 rings (SSSR count). The molecule has 0 bridgehead atoms. The molecule has 2 nitrogen and oxygen atoms in total. The second kappa shape index (κ2) is 5.65. The van der Waals surface area contributed by atoms with Crippen molar-refractivity contribution in [2.24, 2.45) is 16.8 Å². The Morgan fingerprint density at radius 3 is 2.83 bits per heavy atom. The Morgan fingerprint density at radius 1 is 1.39 bits per heavy atom. The van der Waals surface area contributed by atoms with Crippen LogP contribution in [-0.4, -0.2) is 12.8 Å². The van der Waals surface area contributed by atoms with Crippen LogP contribution in [0.1, 0.15) is 13.8 Å². The Labute approximate surface area is 115 Å².